The fourth-order valence-corrected chi connectivity index (χ4v) is 5.98. The number of benzene rings is 4. The standard InChI is InChI=1S/C30H19F9OS/c1-2-41-20-6-15-4-3-14(5-16(15)7-20)17-8-21(31)27(22(32)9-17)18-10-23(33)28(24(34)11-18)30(38,39)40-19-12-25(35)29(37)26(36)13-19/h3-5,8-13,20H,2,6-7H2,1H3. The van der Waals surface area contributed by atoms with Crippen molar-refractivity contribution >= 4 is 11.8 Å². The van der Waals surface area contributed by atoms with E-state index in [1.54, 1.807) is 6.07 Å². The maximum Gasteiger partial charge on any atom is 0.432 e. The van der Waals surface area contributed by atoms with Crippen LogP contribution in [0.2, 0.25) is 0 Å². The van der Waals surface area contributed by atoms with E-state index in [1.807, 2.05) is 23.9 Å². The molecule has 0 heterocycles. The number of fused-ring (bicyclic) bond motifs is 1. The monoisotopic (exact) mass is 598 g/mol. The zero-order chi connectivity index (χ0) is 29.6. The first-order chi connectivity index (χ1) is 19.4. The first-order valence-electron chi connectivity index (χ1n) is 12.3. The number of hydrogen-bond acceptors (Lipinski definition) is 2. The normalized spacial score (nSPS) is 14.8. The van der Waals surface area contributed by atoms with Gasteiger partial charge in [0.05, 0.1) is 5.56 Å². The highest BCUT2D eigenvalue weighted by atomic mass is 32.2. The van der Waals surface area contributed by atoms with Gasteiger partial charge in [-0.15, -0.1) is 0 Å². The number of halogens is 9. The summed E-state index contributed by atoms with van der Waals surface area (Å²) in [6, 6.07) is 8.10. The summed E-state index contributed by atoms with van der Waals surface area (Å²) in [5.41, 5.74) is -0.630. The van der Waals surface area contributed by atoms with Gasteiger partial charge in [0.15, 0.2) is 17.5 Å². The summed E-state index contributed by atoms with van der Waals surface area (Å²) in [6.45, 7) is 2.06. The van der Waals surface area contributed by atoms with Crippen LogP contribution < -0.4 is 4.74 Å². The molecule has 0 bridgehead atoms. The van der Waals surface area contributed by atoms with Gasteiger partial charge in [0, 0.05) is 17.4 Å². The molecule has 41 heavy (non-hydrogen) atoms. The van der Waals surface area contributed by atoms with Crippen LogP contribution in [-0.4, -0.2) is 11.0 Å². The third-order valence-corrected chi connectivity index (χ3v) is 7.84. The van der Waals surface area contributed by atoms with Crippen LogP contribution in [0.15, 0.2) is 54.6 Å². The van der Waals surface area contributed by atoms with Gasteiger partial charge in [-0.3, -0.25) is 0 Å². The van der Waals surface area contributed by atoms with Crippen LogP contribution in [0.5, 0.6) is 5.75 Å². The first kappa shape index (κ1) is 28.9. The Morgan fingerprint density at radius 2 is 1.24 bits per heavy atom. The van der Waals surface area contributed by atoms with Crippen LogP contribution in [0.3, 0.4) is 0 Å². The van der Waals surface area contributed by atoms with E-state index in [-0.39, 0.29) is 29.8 Å². The predicted octanol–water partition coefficient (Wildman–Crippen LogP) is 9.34. The quantitative estimate of drug-likeness (QED) is 0.155. The molecular formula is C30H19F9OS. The summed E-state index contributed by atoms with van der Waals surface area (Å²) in [7, 11) is 0. The van der Waals surface area contributed by atoms with Crippen LogP contribution in [-0.2, 0) is 19.0 Å². The second-order valence-corrected chi connectivity index (χ2v) is 11.0. The Balaban J connectivity index is 1.45. The molecule has 1 aliphatic carbocycles. The Bertz CT molecular complexity index is 1580. The van der Waals surface area contributed by atoms with E-state index < -0.39 is 69.3 Å². The predicted molar refractivity (Wildman–Crippen MR) is 137 cm³/mol. The van der Waals surface area contributed by atoms with Gasteiger partial charge in [-0.2, -0.15) is 20.5 Å². The lowest BCUT2D eigenvalue weighted by molar-refractivity contribution is -0.189. The van der Waals surface area contributed by atoms with Crippen molar-refractivity contribution in [2.75, 3.05) is 5.75 Å². The average Bonchev–Trinajstić information content (AvgIpc) is 3.28. The molecular weight excluding hydrogens is 579 g/mol. The maximum atomic E-state index is 15.1. The van der Waals surface area contributed by atoms with Crippen molar-refractivity contribution in [2.24, 2.45) is 0 Å². The second kappa shape index (κ2) is 11.0. The van der Waals surface area contributed by atoms with Gasteiger partial charge in [-0.05, 0) is 70.7 Å². The summed E-state index contributed by atoms with van der Waals surface area (Å²) in [4.78, 5) is 0. The Morgan fingerprint density at radius 3 is 1.83 bits per heavy atom. The molecule has 1 unspecified atom stereocenters. The number of hydrogen-bond donors (Lipinski definition) is 0. The average molecular weight is 599 g/mol. The Labute approximate surface area is 233 Å². The number of alkyl halides is 2. The van der Waals surface area contributed by atoms with Crippen molar-refractivity contribution in [1.82, 2.24) is 0 Å². The highest BCUT2D eigenvalue weighted by Gasteiger charge is 2.42. The van der Waals surface area contributed by atoms with E-state index in [0.29, 0.717) is 10.8 Å². The largest absolute Gasteiger partial charge is 0.432 e. The van der Waals surface area contributed by atoms with Crippen molar-refractivity contribution in [3.63, 3.8) is 0 Å². The van der Waals surface area contributed by atoms with Crippen LogP contribution in [0.4, 0.5) is 39.5 Å². The molecule has 0 radical (unpaired) electrons. The summed E-state index contributed by atoms with van der Waals surface area (Å²) in [5, 5.41) is 0.421. The van der Waals surface area contributed by atoms with Crippen molar-refractivity contribution in [1.29, 1.82) is 0 Å². The number of ether oxygens (including phenoxy) is 1. The molecule has 0 aliphatic heterocycles. The molecule has 0 aromatic heterocycles. The molecule has 4 aromatic carbocycles. The van der Waals surface area contributed by atoms with Crippen LogP contribution >= 0.6 is 11.8 Å². The molecule has 0 fully saturated rings. The van der Waals surface area contributed by atoms with Crippen molar-refractivity contribution in [3.05, 3.63) is 112 Å². The minimum absolute atomic E-state index is 0.0618. The van der Waals surface area contributed by atoms with Crippen molar-refractivity contribution in [3.8, 4) is 28.0 Å². The molecule has 214 valence electrons. The maximum absolute atomic E-state index is 15.1. The molecule has 1 aliphatic rings. The summed E-state index contributed by atoms with van der Waals surface area (Å²) in [5.74, 6) is -12.3. The first-order valence-corrected chi connectivity index (χ1v) is 13.4. The summed E-state index contributed by atoms with van der Waals surface area (Å²) < 4.78 is 133. The zero-order valence-electron chi connectivity index (χ0n) is 21.1. The minimum atomic E-state index is -4.84. The lowest BCUT2D eigenvalue weighted by Crippen LogP contribution is -2.25. The van der Waals surface area contributed by atoms with E-state index in [2.05, 4.69) is 11.7 Å². The van der Waals surface area contributed by atoms with Gasteiger partial charge in [0.25, 0.3) is 0 Å². The topological polar surface area (TPSA) is 9.23 Å². The fraction of sp³-hybridized carbons (Fsp3) is 0.200. The number of rotatable bonds is 7. The molecule has 0 spiro atoms. The Morgan fingerprint density at radius 1 is 0.683 bits per heavy atom. The molecule has 4 aromatic rings. The molecule has 11 heteroatoms. The third kappa shape index (κ3) is 5.64. The van der Waals surface area contributed by atoms with Gasteiger partial charge in [-0.1, -0.05) is 25.1 Å². The second-order valence-electron chi connectivity index (χ2n) is 9.42. The van der Waals surface area contributed by atoms with Crippen LogP contribution in [0.1, 0.15) is 23.6 Å². The van der Waals surface area contributed by atoms with Crippen LogP contribution in [0, 0.1) is 40.7 Å². The van der Waals surface area contributed by atoms with E-state index in [1.165, 1.54) is 0 Å². The van der Waals surface area contributed by atoms with E-state index in [4.69, 9.17) is 0 Å². The van der Waals surface area contributed by atoms with Gasteiger partial charge < -0.3 is 4.74 Å². The highest BCUT2D eigenvalue weighted by Crippen LogP contribution is 2.40. The molecule has 1 atom stereocenters. The highest BCUT2D eigenvalue weighted by molar-refractivity contribution is 7.99. The van der Waals surface area contributed by atoms with Gasteiger partial charge in [0.1, 0.15) is 34.6 Å². The van der Waals surface area contributed by atoms with E-state index >= 15 is 8.78 Å². The van der Waals surface area contributed by atoms with E-state index in [9.17, 15) is 30.7 Å². The molecule has 0 saturated carbocycles. The van der Waals surface area contributed by atoms with Crippen molar-refractivity contribution in [2.45, 2.75) is 31.1 Å². The van der Waals surface area contributed by atoms with E-state index in [0.717, 1.165) is 41.9 Å². The third-order valence-electron chi connectivity index (χ3n) is 6.70. The Hall–Kier alpha value is -3.60. The van der Waals surface area contributed by atoms with Crippen molar-refractivity contribution < 1.29 is 44.3 Å². The lowest BCUT2D eigenvalue weighted by atomic mass is 9.96. The fourth-order valence-electron chi connectivity index (χ4n) is 4.91. The summed E-state index contributed by atoms with van der Waals surface area (Å²) in [6.07, 6.45) is -3.13. The minimum Gasteiger partial charge on any atom is -0.429 e. The van der Waals surface area contributed by atoms with Gasteiger partial charge in [0.2, 0.25) is 0 Å². The molecule has 0 amide bonds. The zero-order valence-corrected chi connectivity index (χ0v) is 21.9. The molecule has 0 N–H and O–H groups in total. The smallest absolute Gasteiger partial charge is 0.429 e. The molecule has 0 saturated heterocycles. The summed E-state index contributed by atoms with van der Waals surface area (Å²) >= 11 is 1.83. The lowest BCUT2D eigenvalue weighted by Gasteiger charge is -2.20. The SMILES string of the molecule is CCSC1Cc2ccc(-c3cc(F)c(-c4cc(F)c(C(F)(F)Oc5cc(F)c(F)c(F)c5)c(F)c4)c(F)c3)cc2C1. The molecule has 1 nitrogen and oxygen atoms in total. The Kier molecular flexibility index (Phi) is 7.76. The van der Waals surface area contributed by atoms with Gasteiger partial charge >= 0.3 is 6.11 Å². The van der Waals surface area contributed by atoms with Gasteiger partial charge in [-0.25, -0.2) is 30.7 Å². The van der Waals surface area contributed by atoms with Crippen LogP contribution in [0.25, 0.3) is 22.3 Å². The molecule has 5 rings (SSSR count). The number of thioether (sulfide) groups is 1.